The molecule has 0 aromatic heterocycles. The van der Waals surface area contributed by atoms with Gasteiger partial charge in [0.1, 0.15) is 0 Å². The summed E-state index contributed by atoms with van der Waals surface area (Å²) in [5.41, 5.74) is 0.295. The first kappa shape index (κ1) is 12.5. The smallest absolute Gasteiger partial charge is 0.219 e. The fraction of sp³-hybridized carbons (Fsp3) is 0.923. The van der Waals surface area contributed by atoms with E-state index in [2.05, 4.69) is 11.8 Å². The van der Waals surface area contributed by atoms with Gasteiger partial charge in [0, 0.05) is 19.0 Å². The predicted octanol–water partition coefficient (Wildman–Crippen LogP) is 3.21. The van der Waals surface area contributed by atoms with Crippen molar-refractivity contribution in [3.63, 3.8) is 0 Å². The molecule has 1 saturated carbocycles. The summed E-state index contributed by atoms with van der Waals surface area (Å²) in [6, 6.07) is 0. The minimum atomic E-state index is 0.284. The SMILES string of the molecule is CC.CC(=O)N1CC[C@H](C)CC12CCC2. The van der Waals surface area contributed by atoms with E-state index in [0.29, 0.717) is 5.54 Å². The third kappa shape index (κ3) is 2.35. The van der Waals surface area contributed by atoms with Crippen LogP contribution in [0.4, 0.5) is 0 Å². The highest BCUT2D eigenvalue weighted by Gasteiger charge is 2.46. The minimum absolute atomic E-state index is 0.284. The van der Waals surface area contributed by atoms with Crippen molar-refractivity contribution < 1.29 is 4.79 Å². The van der Waals surface area contributed by atoms with Gasteiger partial charge in [0.15, 0.2) is 0 Å². The van der Waals surface area contributed by atoms with Gasteiger partial charge in [0.05, 0.1) is 0 Å². The maximum absolute atomic E-state index is 11.4. The third-order valence-corrected chi connectivity index (χ3v) is 3.81. The van der Waals surface area contributed by atoms with Crippen LogP contribution in [-0.4, -0.2) is 22.9 Å². The molecule has 2 fully saturated rings. The van der Waals surface area contributed by atoms with E-state index in [1.165, 1.54) is 32.1 Å². The zero-order valence-corrected chi connectivity index (χ0v) is 10.7. The third-order valence-electron chi connectivity index (χ3n) is 3.81. The number of carbonyl (C=O) groups is 1. The van der Waals surface area contributed by atoms with Crippen molar-refractivity contribution >= 4 is 5.91 Å². The molecule has 1 amide bonds. The second-order valence-electron chi connectivity index (χ2n) is 4.85. The summed E-state index contributed by atoms with van der Waals surface area (Å²) in [7, 11) is 0. The van der Waals surface area contributed by atoms with Crippen LogP contribution in [0, 0.1) is 5.92 Å². The largest absolute Gasteiger partial charge is 0.337 e. The van der Waals surface area contributed by atoms with Gasteiger partial charge < -0.3 is 4.90 Å². The molecule has 1 spiro atoms. The summed E-state index contributed by atoms with van der Waals surface area (Å²) in [6.45, 7) is 9.03. The number of rotatable bonds is 0. The Labute approximate surface area is 94.0 Å². The van der Waals surface area contributed by atoms with Crippen molar-refractivity contribution in [2.24, 2.45) is 5.92 Å². The van der Waals surface area contributed by atoms with E-state index in [4.69, 9.17) is 0 Å². The lowest BCUT2D eigenvalue weighted by atomic mass is 9.67. The van der Waals surface area contributed by atoms with Crippen LogP contribution in [0.5, 0.6) is 0 Å². The number of amides is 1. The van der Waals surface area contributed by atoms with Gasteiger partial charge in [-0.1, -0.05) is 20.8 Å². The number of hydrogen-bond donors (Lipinski definition) is 0. The Morgan fingerprint density at radius 1 is 1.33 bits per heavy atom. The second-order valence-corrected chi connectivity index (χ2v) is 4.85. The van der Waals surface area contributed by atoms with Crippen molar-refractivity contribution in [1.29, 1.82) is 0 Å². The van der Waals surface area contributed by atoms with Crippen LogP contribution in [0.2, 0.25) is 0 Å². The van der Waals surface area contributed by atoms with E-state index in [-0.39, 0.29) is 5.91 Å². The Morgan fingerprint density at radius 3 is 2.33 bits per heavy atom. The van der Waals surface area contributed by atoms with Crippen LogP contribution in [0.3, 0.4) is 0 Å². The number of nitrogens with zero attached hydrogens (tertiary/aromatic N) is 1. The van der Waals surface area contributed by atoms with E-state index in [0.717, 1.165) is 12.5 Å². The van der Waals surface area contributed by atoms with Crippen molar-refractivity contribution in [1.82, 2.24) is 4.90 Å². The summed E-state index contributed by atoms with van der Waals surface area (Å²) in [4.78, 5) is 13.6. The minimum Gasteiger partial charge on any atom is -0.337 e. The Bertz CT molecular complexity index is 221. The van der Waals surface area contributed by atoms with Crippen LogP contribution < -0.4 is 0 Å². The molecule has 0 N–H and O–H groups in total. The molecule has 1 atom stereocenters. The molecule has 0 bridgehead atoms. The highest BCUT2D eigenvalue weighted by Crippen LogP contribution is 2.45. The molecule has 1 heterocycles. The van der Waals surface area contributed by atoms with Gasteiger partial charge in [0.25, 0.3) is 0 Å². The lowest BCUT2D eigenvalue weighted by molar-refractivity contribution is -0.144. The van der Waals surface area contributed by atoms with Crippen LogP contribution in [-0.2, 0) is 4.79 Å². The molecule has 88 valence electrons. The summed E-state index contributed by atoms with van der Waals surface area (Å²) in [5, 5.41) is 0. The molecular weight excluding hydrogens is 186 g/mol. The zero-order chi connectivity index (χ0) is 11.5. The monoisotopic (exact) mass is 211 g/mol. The van der Waals surface area contributed by atoms with Crippen molar-refractivity contribution in [3.05, 3.63) is 0 Å². The molecule has 0 aromatic rings. The molecule has 1 saturated heterocycles. The van der Waals surface area contributed by atoms with E-state index in [1.54, 1.807) is 6.92 Å². The highest BCUT2D eigenvalue weighted by molar-refractivity contribution is 5.74. The first-order chi connectivity index (χ1) is 7.14. The molecular formula is C13H25NO. The number of carbonyl (C=O) groups excluding carboxylic acids is 1. The molecule has 0 aromatic carbocycles. The van der Waals surface area contributed by atoms with Gasteiger partial charge in [-0.2, -0.15) is 0 Å². The second kappa shape index (κ2) is 5.00. The fourth-order valence-electron chi connectivity index (χ4n) is 3.00. The average molecular weight is 211 g/mol. The van der Waals surface area contributed by atoms with Gasteiger partial charge in [-0.3, -0.25) is 4.79 Å². The molecule has 2 heteroatoms. The molecule has 1 aliphatic carbocycles. The first-order valence-electron chi connectivity index (χ1n) is 6.42. The topological polar surface area (TPSA) is 20.3 Å². The first-order valence-corrected chi connectivity index (χ1v) is 6.42. The van der Waals surface area contributed by atoms with Crippen molar-refractivity contribution in [3.8, 4) is 0 Å². The summed E-state index contributed by atoms with van der Waals surface area (Å²) in [5.74, 6) is 1.10. The average Bonchev–Trinajstić information content (AvgIpc) is 2.18. The van der Waals surface area contributed by atoms with E-state index < -0.39 is 0 Å². The van der Waals surface area contributed by atoms with E-state index in [9.17, 15) is 4.79 Å². The number of piperidine rings is 1. The normalized spacial score (nSPS) is 27.7. The van der Waals surface area contributed by atoms with Gasteiger partial charge in [0.2, 0.25) is 5.91 Å². The lowest BCUT2D eigenvalue weighted by Gasteiger charge is -2.54. The van der Waals surface area contributed by atoms with Crippen LogP contribution in [0.25, 0.3) is 0 Å². The molecule has 2 rings (SSSR count). The Hall–Kier alpha value is -0.530. The van der Waals surface area contributed by atoms with Gasteiger partial charge in [-0.05, 0) is 38.0 Å². The van der Waals surface area contributed by atoms with Crippen molar-refractivity contribution in [2.45, 2.75) is 65.3 Å². The standard InChI is InChI=1S/C11H19NO.C2H6/c1-9-4-7-12(10(2)13)11(8-9)5-3-6-11;1-2/h9H,3-8H2,1-2H3;1-2H3/t9-;/m0./s1. The number of hydrogen-bond acceptors (Lipinski definition) is 1. The lowest BCUT2D eigenvalue weighted by Crippen LogP contribution is -2.59. The van der Waals surface area contributed by atoms with Crippen LogP contribution >= 0.6 is 0 Å². The maximum Gasteiger partial charge on any atom is 0.219 e. The summed E-state index contributed by atoms with van der Waals surface area (Å²) < 4.78 is 0. The van der Waals surface area contributed by atoms with E-state index in [1.807, 2.05) is 13.8 Å². The summed E-state index contributed by atoms with van der Waals surface area (Å²) in [6.07, 6.45) is 6.25. The number of likely N-dealkylation sites (tertiary alicyclic amines) is 1. The quantitative estimate of drug-likeness (QED) is 0.602. The van der Waals surface area contributed by atoms with Crippen molar-refractivity contribution in [2.75, 3.05) is 6.54 Å². The van der Waals surface area contributed by atoms with Crippen LogP contribution in [0.1, 0.15) is 59.8 Å². The van der Waals surface area contributed by atoms with Gasteiger partial charge in [-0.25, -0.2) is 0 Å². The molecule has 2 aliphatic rings. The molecule has 2 nitrogen and oxygen atoms in total. The Morgan fingerprint density at radius 2 is 1.93 bits per heavy atom. The fourth-order valence-corrected chi connectivity index (χ4v) is 3.00. The van der Waals surface area contributed by atoms with Crippen LogP contribution in [0.15, 0.2) is 0 Å². The molecule has 0 radical (unpaired) electrons. The summed E-state index contributed by atoms with van der Waals surface area (Å²) >= 11 is 0. The Balaban J connectivity index is 0.000000531. The predicted molar refractivity (Wildman–Crippen MR) is 63.7 cm³/mol. The maximum atomic E-state index is 11.4. The molecule has 15 heavy (non-hydrogen) atoms. The van der Waals surface area contributed by atoms with Gasteiger partial charge >= 0.3 is 0 Å². The van der Waals surface area contributed by atoms with Gasteiger partial charge in [-0.15, -0.1) is 0 Å². The molecule has 0 unspecified atom stereocenters. The highest BCUT2D eigenvalue weighted by atomic mass is 16.2. The molecule has 1 aliphatic heterocycles. The zero-order valence-electron chi connectivity index (χ0n) is 10.7. The van der Waals surface area contributed by atoms with E-state index >= 15 is 0 Å². The Kier molecular flexibility index (Phi) is 4.18.